The molecule has 4 atom stereocenters. The zero-order valence-corrected chi connectivity index (χ0v) is 27.9. The lowest BCUT2D eigenvalue weighted by atomic mass is 9.99. The summed E-state index contributed by atoms with van der Waals surface area (Å²) < 4.78 is 10.9. The second-order valence-electron chi connectivity index (χ2n) is 13.6. The van der Waals surface area contributed by atoms with Gasteiger partial charge in [-0.05, 0) is 71.9 Å². The van der Waals surface area contributed by atoms with E-state index in [-0.39, 0.29) is 18.0 Å². The van der Waals surface area contributed by atoms with Crippen molar-refractivity contribution in [2.24, 2.45) is 5.92 Å². The van der Waals surface area contributed by atoms with E-state index in [2.05, 4.69) is 16.0 Å². The molecule has 1 fully saturated rings. The van der Waals surface area contributed by atoms with E-state index >= 15 is 0 Å². The van der Waals surface area contributed by atoms with Gasteiger partial charge >= 0.3 is 12.1 Å². The van der Waals surface area contributed by atoms with Gasteiger partial charge in [-0.1, -0.05) is 44.2 Å². The summed E-state index contributed by atoms with van der Waals surface area (Å²) in [6.45, 7) is 16.1. The first-order valence-corrected chi connectivity index (χ1v) is 15.9. The van der Waals surface area contributed by atoms with Crippen molar-refractivity contribution in [3.63, 3.8) is 0 Å². The number of rotatable bonds is 10. The van der Waals surface area contributed by atoms with Crippen molar-refractivity contribution >= 4 is 41.5 Å². The summed E-state index contributed by atoms with van der Waals surface area (Å²) in [5.41, 5.74) is 0.176. The molecule has 0 bridgehead atoms. The fourth-order valence-corrected chi connectivity index (χ4v) is 6.13. The fraction of sp³-hybridized carbons (Fsp3) is 0.594. The molecule has 2 aliphatic rings. The lowest BCUT2D eigenvalue weighted by Crippen LogP contribution is -2.72. The van der Waals surface area contributed by atoms with Gasteiger partial charge in [0.15, 0.2) is 0 Å². The average Bonchev–Trinajstić information content (AvgIpc) is 2.88. The first kappa shape index (κ1) is 34.9. The number of carbonyl (C=O) groups excluding carboxylic acids is 5. The Labute approximate surface area is 264 Å². The SMILES string of the molecule is CC1=C(C(=O)N[C@@H](Cc2ccccc2)C(=O)OC(C)(C)C)N2C(=O)[C@@H](NC(=O)[C@H](CC(C)C)NC(=O)OC(C)(C)C)[C@H]2SC1. The Morgan fingerprint density at radius 1 is 0.955 bits per heavy atom. The van der Waals surface area contributed by atoms with Gasteiger partial charge in [-0.15, -0.1) is 11.8 Å². The molecule has 0 unspecified atom stereocenters. The molecule has 12 heteroatoms. The van der Waals surface area contributed by atoms with Crippen LogP contribution in [0.2, 0.25) is 0 Å². The molecule has 4 amide bonds. The monoisotopic (exact) mass is 630 g/mol. The Kier molecular flexibility index (Phi) is 11.2. The van der Waals surface area contributed by atoms with Crippen LogP contribution < -0.4 is 16.0 Å². The standard InChI is InChI=1S/C32H46N4O7S/c1-18(2)15-21(34-30(41)43-32(7,8)9)25(37)35-23-27(39)36-24(19(3)17-44-28(23)36)26(38)33-22(29(40)42-31(4,5)6)16-20-13-11-10-12-14-20/h10-14,18,21-23,28H,15-17H2,1-9H3,(H,33,38)(H,34,41)(H,35,37)/t21-,22-,23+,28+/m0/s1. The fourth-order valence-electron chi connectivity index (χ4n) is 4.84. The number of thioether (sulfide) groups is 1. The number of esters is 1. The van der Waals surface area contributed by atoms with E-state index in [1.54, 1.807) is 48.5 Å². The van der Waals surface area contributed by atoms with Crippen molar-refractivity contribution in [1.29, 1.82) is 0 Å². The minimum atomic E-state index is -0.986. The molecular weight excluding hydrogens is 584 g/mol. The molecule has 1 saturated heterocycles. The maximum Gasteiger partial charge on any atom is 0.408 e. The van der Waals surface area contributed by atoms with Gasteiger partial charge < -0.3 is 25.4 Å². The Morgan fingerprint density at radius 3 is 2.14 bits per heavy atom. The molecule has 0 aromatic heterocycles. The normalized spacial score (nSPS) is 19.8. The average molecular weight is 631 g/mol. The predicted molar refractivity (Wildman–Crippen MR) is 168 cm³/mol. The van der Waals surface area contributed by atoms with Crippen LogP contribution in [0, 0.1) is 5.92 Å². The van der Waals surface area contributed by atoms with Crippen molar-refractivity contribution in [1.82, 2.24) is 20.9 Å². The number of carbonyl (C=O) groups is 5. The Hall–Kier alpha value is -3.54. The highest BCUT2D eigenvalue weighted by Crippen LogP contribution is 2.40. The van der Waals surface area contributed by atoms with Crippen molar-refractivity contribution in [3.05, 3.63) is 47.2 Å². The van der Waals surface area contributed by atoms with Crippen LogP contribution in [0.25, 0.3) is 0 Å². The van der Waals surface area contributed by atoms with E-state index in [0.29, 0.717) is 17.7 Å². The number of fused-ring (bicyclic) bond motifs is 1. The largest absolute Gasteiger partial charge is 0.458 e. The second-order valence-corrected chi connectivity index (χ2v) is 14.7. The summed E-state index contributed by atoms with van der Waals surface area (Å²) in [5, 5.41) is 7.69. The van der Waals surface area contributed by atoms with E-state index in [0.717, 1.165) is 5.56 Å². The first-order chi connectivity index (χ1) is 20.4. The lowest BCUT2D eigenvalue weighted by Gasteiger charge is -2.50. The quantitative estimate of drug-likeness (QED) is 0.263. The molecule has 0 spiro atoms. The molecule has 3 N–H and O–H groups in total. The Morgan fingerprint density at radius 2 is 1.57 bits per heavy atom. The molecule has 1 aromatic rings. The van der Waals surface area contributed by atoms with Crippen molar-refractivity contribution in [3.8, 4) is 0 Å². The van der Waals surface area contributed by atoms with Gasteiger partial charge in [0.05, 0.1) is 0 Å². The molecule has 3 rings (SSSR count). The molecule has 0 aliphatic carbocycles. The molecule has 1 aromatic carbocycles. The number of β-lactam (4-membered cyclic amide) rings is 1. The van der Waals surface area contributed by atoms with Crippen LogP contribution >= 0.6 is 11.8 Å². The number of nitrogens with one attached hydrogen (secondary N) is 3. The Bertz CT molecular complexity index is 1280. The number of benzene rings is 1. The number of alkyl carbamates (subject to hydrolysis) is 1. The highest BCUT2D eigenvalue weighted by atomic mass is 32.2. The second kappa shape index (κ2) is 14.0. The van der Waals surface area contributed by atoms with E-state index in [9.17, 15) is 24.0 Å². The number of nitrogens with zero attached hydrogens (tertiary/aromatic N) is 1. The van der Waals surface area contributed by atoms with Crippen LogP contribution in [0.4, 0.5) is 4.79 Å². The zero-order chi connectivity index (χ0) is 33.0. The molecule has 0 saturated carbocycles. The van der Waals surface area contributed by atoms with Crippen LogP contribution in [-0.2, 0) is 35.1 Å². The molecule has 11 nitrogen and oxygen atoms in total. The van der Waals surface area contributed by atoms with Gasteiger partial charge in [-0.25, -0.2) is 9.59 Å². The van der Waals surface area contributed by atoms with Crippen LogP contribution in [0.3, 0.4) is 0 Å². The number of hydrogen-bond acceptors (Lipinski definition) is 8. The summed E-state index contributed by atoms with van der Waals surface area (Å²) in [7, 11) is 0. The maximum atomic E-state index is 13.7. The Balaban J connectivity index is 1.75. The summed E-state index contributed by atoms with van der Waals surface area (Å²) in [5.74, 6) is -1.57. The lowest BCUT2D eigenvalue weighted by molar-refractivity contribution is -0.158. The van der Waals surface area contributed by atoms with Crippen molar-refractivity contribution in [2.75, 3.05) is 5.75 Å². The topological polar surface area (TPSA) is 143 Å². The molecular formula is C32H46N4O7S. The van der Waals surface area contributed by atoms with Gasteiger partial charge in [0.1, 0.15) is 40.4 Å². The highest BCUT2D eigenvalue weighted by Gasteiger charge is 2.54. The highest BCUT2D eigenvalue weighted by molar-refractivity contribution is 8.00. The van der Waals surface area contributed by atoms with Gasteiger partial charge in [0.25, 0.3) is 11.8 Å². The summed E-state index contributed by atoms with van der Waals surface area (Å²) >= 11 is 1.43. The molecule has 0 radical (unpaired) electrons. The third-order valence-electron chi connectivity index (χ3n) is 6.67. The molecule has 2 aliphatic heterocycles. The minimum absolute atomic E-state index is 0.0769. The third-order valence-corrected chi connectivity index (χ3v) is 8.09. The van der Waals surface area contributed by atoms with Gasteiger partial charge in [0.2, 0.25) is 5.91 Å². The smallest absolute Gasteiger partial charge is 0.408 e. The van der Waals surface area contributed by atoms with E-state index in [1.807, 2.05) is 44.2 Å². The zero-order valence-electron chi connectivity index (χ0n) is 27.1. The van der Waals surface area contributed by atoms with E-state index in [1.165, 1.54) is 16.7 Å². The number of hydrogen-bond donors (Lipinski definition) is 3. The number of ether oxygens (including phenoxy) is 2. The summed E-state index contributed by atoms with van der Waals surface area (Å²) in [6.07, 6.45) is -0.173. The van der Waals surface area contributed by atoms with Crippen molar-refractivity contribution < 1.29 is 33.4 Å². The van der Waals surface area contributed by atoms with Crippen LogP contribution in [0.5, 0.6) is 0 Å². The van der Waals surface area contributed by atoms with Gasteiger partial charge in [-0.2, -0.15) is 0 Å². The maximum absolute atomic E-state index is 13.7. The molecule has 44 heavy (non-hydrogen) atoms. The first-order valence-electron chi connectivity index (χ1n) is 14.9. The molecule has 242 valence electrons. The summed E-state index contributed by atoms with van der Waals surface area (Å²) in [6, 6.07) is 6.50. The third kappa shape index (κ3) is 9.48. The van der Waals surface area contributed by atoms with E-state index in [4.69, 9.17) is 9.47 Å². The van der Waals surface area contributed by atoms with Gasteiger partial charge in [-0.3, -0.25) is 19.3 Å². The van der Waals surface area contributed by atoms with Crippen molar-refractivity contribution in [2.45, 2.75) is 110 Å². The van der Waals surface area contributed by atoms with Crippen LogP contribution in [0.1, 0.15) is 74.3 Å². The van der Waals surface area contributed by atoms with E-state index < -0.39 is 64.5 Å². The van der Waals surface area contributed by atoms with Crippen LogP contribution in [-0.4, -0.2) is 75.1 Å². The van der Waals surface area contributed by atoms with Gasteiger partial charge in [0, 0.05) is 12.2 Å². The van der Waals surface area contributed by atoms with Crippen LogP contribution in [0.15, 0.2) is 41.6 Å². The number of amides is 4. The minimum Gasteiger partial charge on any atom is -0.458 e. The summed E-state index contributed by atoms with van der Waals surface area (Å²) in [4.78, 5) is 67.3. The molecule has 2 heterocycles. The predicted octanol–water partition coefficient (Wildman–Crippen LogP) is 3.67.